The number of hydrogen-bond donors (Lipinski definition) is 2. The van der Waals surface area contributed by atoms with Gasteiger partial charge in [-0.2, -0.15) is 0 Å². The monoisotopic (exact) mass is 286 g/mol. The van der Waals surface area contributed by atoms with Gasteiger partial charge in [0.25, 0.3) is 0 Å². The summed E-state index contributed by atoms with van der Waals surface area (Å²) in [5, 5.41) is 3.14. The van der Waals surface area contributed by atoms with Crippen molar-refractivity contribution in [3.63, 3.8) is 0 Å². The molecule has 2 N–H and O–H groups in total. The van der Waals surface area contributed by atoms with E-state index in [0.29, 0.717) is 12.1 Å². The Morgan fingerprint density at radius 2 is 2.16 bits per heavy atom. The summed E-state index contributed by atoms with van der Waals surface area (Å²) in [6.07, 6.45) is 0.906. The summed E-state index contributed by atoms with van der Waals surface area (Å²) in [4.78, 5) is -0.273. The Labute approximate surface area is 113 Å². The number of rotatable bonds is 3. The lowest BCUT2D eigenvalue weighted by Crippen LogP contribution is -2.50. The van der Waals surface area contributed by atoms with E-state index in [9.17, 15) is 12.8 Å². The van der Waals surface area contributed by atoms with Crippen LogP contribution in [0, 0.1) is 18.7 Å². The van der Waals surface area contributed by atoms with E-state index in [4.69, 9.17) is 0 Å². The van der Waals surface area contributed by atoms with Crippen LogP contribution in [-0.2, 0) is 10.0 Å². The third-order valence-corrected chi connectivity index (χ3v) is 5.09. The molecule has 0 aromatic heterocycles. The van der Waals surface area contributed by atoms with E-state index in [-0.39, 0.29) is 16.9 Å². The molecule has 2 unspecified atom stereocenters. The molecule has 1 saturated heterocycles. The maximum absolute atomic E-state index is 13.9. The van der Waals surface area contributed by atoms with Crippen molar-refractivity contribution in [3.05, 3.63) is 29.6 Å². The highest BCUT2D eigenvalue weighted by atomic mass is 32.2. The minimum absolute atomic E-state index is 0.196. The molecule has 1 heterocycles. The van der Waals surface area contributed by atoms with E-state index < -0.39 is 15.8 Å². The van der Waals surface area contributed by atoms with Crippen LogP contribution in [0.15, 0.2) is 23.1 Å². The number of benzene rings is 1. The molecule has 1 aliphatic rings. The zero-order valence-corrected chi connectivity index (χ0v) is 11.9. The Morgan fingerprint density at radius 1 is 1.42 bits per heavy atom. The lowest BCUT2D eigenvalue weighted by molar-refractivity contribution is 0.327. The molecule has 0 bridgehead atoms. The van der Waals surface area contributed by atoms with Crippen LogP contribution < -0.4 is 10.0 Å². The molecule has 4 nitrogen and oxygen atoms in total. The minimum atomic E-state index is -3.81. The summed E-state index contributed by atoms with van der Waals surface area (Å²) in [7, 11) is -3.81. The highest BCUT2D eigenvalue weighted by molar-refractivity contribution is 7.89. The number of nitrogens with one attached hydrogen (secondary N) is 2. The molecular weight excluding hydrogens is 267 g/mol. The largest absolute Gasteiger partial charge is 0.315 e. The second kappa shape index (κ2) is 5.56. The molecule has 1 fully saturated rings. The quantitative estimate of drug-likeness (QED) is 0.883. The SMILES string of the molecule is Cc1cccc(S(=O)(=O)NC2CNCCC2C)c1F. The second-order valence-corrected chi connectivity index (χ2v) is 6.77. The maximum Gasteiger partial charge on any atom is 0.243 e. The summed E-state index contributed by atoms with van der Waals surface area (Å²) in [5.41, 5.74) is 0.331. The van der Waals surface area contributed by atoms with Crippen LogP contribution in [0.5, 0.6) is 0 Å². The zero-order chi connectivity index (χ0) is 14.0. The zero-order valence-electron chi connectivity index (χ0n) is 11.1. The van der Waals surface area contributed by atoms with Crippen molar-refractivity contribution in [3.8, 4) is 0 Å². The molecule has 2 atom stereocenters. The standard InChI is InChI=1S/C13H19FN2O2S/c1-9-6-7-15-8-11(9)16-19(17,18)12-5-3-4-10(2)13(12)14/h3-5,9,11,15-16H,6-8H2,1-2H3. The predicted molar refractivity (Wildman–Crippen MR) is 71.9 cm³/mol. The summed E-state index contributed by atoms with van der Waals surface area (Å²) >= 11 is 0. The molecule has 106 valence electrons. The van der Waals surface area contributed by atoms with Crippen molar-refractivity contribution in [2.45, 2.75) is 31.2 Å². The van der Waals surface area contributed by atoms with Crippen LogP contribution in [0.2, 0.25) is 0 Å². The van der Waals surface area contributed by atoms with E-state index in [2.05, 4.69) is 10.0 Å². The number of hydrogen-bond acceptors (Lipinski definition) is 3. The topological polar surface area (TPSA) is 58.2 Å². The van der Waals surface area contributed by atoms with E-state index in [1.165, 1.54) is 6.07 Å². The molecule has 1 aliphatic heterocycles. The number of piperidine rings is 1. The lowest BCUT2D eigenvalue weighted by Gasteiger charge is -2.30. The van der Waals surface area contributed by atoms with Crippen LogP contribution in [0.4, 0.5) is 4.39 Å². The second-order valence-electron chi connectivity index (χ2n) is 5.08. The molecule has 0 amide bonds. The first-order valence-corrected chi connectivity index (χ1v) is 7.88. The lowest BCUT2D eigenvalue weighted by atomic mass is 9.96. The first-order valence-electron chi connectivity index (χ1n) is 6.40. The van der Waals surface area contributed by atoms with Crippen LogP contribution in [0.25, 0.3) is 0 Å². The number of aryl methyl sites for hydroxylation is 1. The van der Waals surface area contributed by atoms with Gasteiger partial charge < -0.3 is 5.32 Å². The normalized spacial score (nSPS) is 24.4. The van der Waals surface area contributed by atoms with Gasteiger partial charge in [0.2, 0.25) is 10.0 Å². The van der Waals surface area contributed by atoms with Gasteiger partial charge in [0.15, 0.2) is 0 Å². The Bertz CT molecular complexity index is 560. The van der Waals surface area contributed by atoms with Crippen molar-refractivity contribution < 1.29 is 12.8 Å². The fourth-order valence-electron chi connectivity index (χ4n) is 2.24. The molecule has 0 saturated carbocycles. The van der Waals surface area contributed by atoms with Crippen LogP contribution in [0.1, 0.15) is 18.9 Å². The summed E-state index contributed by atoms with van der Waals surface area (Å²) in [6, 6.07) is 4.21. The average molecular weight is 286 g/mol. The highest BCUT2D eigenvalue weighted by Crippen LogP contribution is 2.19. The fourth-order valence-corrected chi connectivity index (χ4v) is 3.73. The number of halogens is 1. The highest BCUT2D eigenvalue weighted by Gasteiger charge is 2.28. The van der Waals surface area contributed by atoms with Crippen molar-refractivity contribution in [2.24, 2.45) is 5.92 Å². The van der Waals surface area contributed by atoms with Gasteiger partial charge in [0, 0.05) is 12.6 Å². The van der Waals surface area contributed by atoms with Gasteiger partial charge >= 0.3 is 0 Å². The summed E-state index contributed by atoms with van der Waals surface area (Å²) < 4.78 is 41.0. The van der Waals surface area contributed by atoms with Crippen molar-refractivity contribution >= 4 is 10.0 Å². The van der Waals surface area contributed by atoms with Gasteiger partial charge in [-0.1, -0.05) is 19.1 Å². The Morgan fingerprint density at radius 3 is 2.84 bits per heavy atom. The molecule has 6 heteroatoms. The van der Waals surface area contributed by atoms with Crippen LogP contribution >= 0.6 is 0 Å². The molecule has 0 aliphatic carbocycles. The molecule has 1 aromatic rings. The smallest absolute Gasteiger partial charge is 0.243 e. The Kier molecular flexibility index (Phi) is 4.23. The van der Waals surface area contributed by atoms with E-state index >= 15 is 0 Å². The molecule has 1 aromatic carbocycles. The van der Waals surface area contributed by atoms with E-state index in [1.54, 1.807) is 19.1 Å². The van der Waals surface area contributed by atoms with Crippen molar-refractivity contribution in [2.75, 3.05) is 13.1 Å². The molecular formula is C13H19FN2O2S. The fraction of sp³-hybridized carbons (Fsp3) is 0.538. The van der Waals surface area contributed by atoms with Crippen molar-refractivity contribution in [1.29, 1.82) is 0 Å². The van der Waals surface area contributed by atoms with E-state index in [1.807, 2.05) is 6.92 Å². The van der Waals surface area contributed by atoms with Gasteiger partial charge in [-0.3, -0.25) is 0 Å². The van der Waals surface area contributed by atoms with Crippen LogP contribution in [0.3, 0.4) is 0 Å². The summed E-state index contributed by atoms with van der Waals surface area (Å²) in [6.45, 7) is 5.02. The third kappa shape index (κ3) is 3.13. The van der Waals surface area contributed by atoms with Gasteiger partial charge in [-0.15, -0.1) is 0 Å². The van der Waals surface area contributed by atoms with Gasteiger partial charge in [-0.05, 0) is 37.4 Å². The van der Waals surface area contributed by atoms with Crippen LogP contribution in [-0.4, -0.2) is 27.5 Å². The molecule has 0 radical (unpaired) electrons. The Balaban J connectivity index is 2.25. The summed E-state index contributed by atoms with van der Waals surface area (Å²) in [5.74, 6) is -0.435. The first kappa shape index (κ1) is 14.4. The minimum Gasteiger partial charge on any atom is -0.315 e. The molecule has 0 spiro atoms. The van der Waals surface area contributed by atoms with Gasteiger partial charge in [0.05, 0.1) is 0 Å². The average Bonchev–Trinajstić information content (AvgIpc) is 2.35. The van der Waals surface area contributed by atoms with E-state index in [0.717, 1.165) is 13.0 Å². The molecule has 19 heavy (non-hydrogen) atoms. The van der Waals surface area contributed by atoms with Gasteiger partial charge in [-0.25, -0.2) is 17.5 Å². The number of sulfonamides is 1. The first-order chi connectivity index (χ1) is 8.92. The van der Waals surface area contributed by atoms with Gasteiger partial charge in [0.1, 0.15) is 10.7 Å². The molecule has 2 rings (SSSR count). The predicted octanol–water partition coefficient (Wildman–Crippen LogP) is 1.41. The third-order valence-electron chi connectivity index (χ3n) is 3.58. The van der Waals surface area contributed by atoms with Crippen molar-refractivity contribution in [1.82, 2.24) is 10.0 Å². The Hall–Kier alpha value is -0.980. The maximum atomic E-state index is 13.9.